The number of fused-ring (bicyclic) bond motifs is 5. The molecule has 2 bridgehead atoms. The number of nitrogens with zero attached hydrogens (tertiary/aromatic N) is 1. The maximum atomic E-state index is 14.9. The number of likely N-dealkylation sites (tertiary alicyclic amines) is 1. The third-order valence-electron chi connectivity index (χ3n) is 16.7. The van der Waals surface area contributed by atoms with Gasteiger partial charge in [-0.3, -0.25) is 28.8 Å². The number of carbonyl (C=O) groups excluding carboxylic acids is 9. The molecule has 23 heteroatoms. The van der Waals surface area contributed by atoms with E-state index in [2.05, 4.69) is 21.3 Å². The molecule has 3 aromatic rings. The van der Waals surface area contributed by atoms with Gasteiger partial charge < -0.3 is 70.3 Å². The summed E-state index contributed by atoms with van der Waals surface area (Å²) in [6.45, 7) is 7.77. The molecule has 5 aliphatic rings. The van der Waals surface area contributed by atoms with Crippen molar-refractivity contribution in [2.24, 2.45) is 23.2 Å². The van der Waals surface area contributed by atoms with E-state index in [1.165, 1.54) is 49.9 Å². The maximum absolute atomic E-state index is 14.9. The summed E-state index contributed by atoms with van der Waals surface area (Å²) in [6, 6.07) is 19.6. The van der Waals surface area contributed by atoms with E-state index in [1.54, 1.807) is 74.5 Å². The number of esters is 4. The van der Waals surface area contributed by atoms with Crippen molar-refractivity contribution in [3.8, 4) is 0 Å². The normalized spacial score (nSPS) is 28.2. The molecule has 4 fully saturated rings. The van der Waals surface area contributed by atoms with Crippen LogP contribution in [0.3, 0.4) is 0 Å². The summed E-state index contributed by atoms with van der Waals surface area (Å²) in [4.78, 5) is 125. The highest BCUT2D eigenvalue weighted by atomic mass is 16.6. The summed E-state index contributed by atoms with van der Waals surface area (Å²) in [6.07, 6.45) is -10.5. The van der Waals surface area contributed by atoms with Gasteiger partial charge in [0.2, 0.25) is 17.7 Å². The fourth-order valence-electron chi connectivity index (χ4n) is 12.4. The first-order chi connectivity index (χ1) is 38.9. The number of aliphatic hydroxyl groups is 4. The average Bonchev–Trinajstić information content (AvgIpc) is 0.945. The first-order valence-electron chi connectivity index (χ1n) is 27.4. The van der Waals surface area contributed by atoms with Crippen LogP contribution in [0.4, 0.5) is 4.79 Å². The van der Waals surface area contributed by atoms with Gasteiger partial charge in [0, 0.05) is 31.7 Å². The smallest absolute Gasteiger partial charge is 0.338 e. The Balaban J connectivity index is 0.999. The Bertz CT molecular complexity index is 2940. The van der Waals surface area contributed by atoms with Crippen molar-refractivity contribution in [3.63, 3.8) is 0 Å². The number of urea groups is 1. The Morgan fingerprint density at radius 2 is 1.50 bits per heavy atom. The Morgan fingerprint density at radius 3 is 2.12 bits per heavy atom. The highest BCUT2D eigenvalue weighted by Crippen LogP contribution is 2.61. The van der Waals surface area contributed by atoms with Gasteiger partial charge in [-0.1, -0.05) is 107 Å². The van der Waals surface area contributed by atoms with E-state index in [9.17, 15) is 63.6 Å². The lowest BCUT2D eigenvalue weighted by Crippen LogP contribution is -2.79. The van der Waals surface area contributed by atoms with Crippen LogP contribution in [0.15, 0.2) is 102 Å². The molecule has 0 aromatic heterocycles. The Labute approximate surface area is 473 Å². The number of amides is 5. The van der Waals surface area contributed by atoms with E-state index in [-0.39, 0.29) is 54.9 Å². The molecule has 2 saturated carbocycles. The Hall–Kier alpha value is -7.57. The molecule has 440 valence electrons. The molecule has 3 aromatic carbocycles. The zero-order valence-electron chi connectivity index (χ0n) is 46.4. The lowest BCUT2D eigenvalue weighted by Gasteiger charge is -2.64. The van der Waals surface area contributed by atoms with Crippen molar-refractivity contribution >= 4 is 53.4 Å². The topological polar surface area (TPSA) is 332 Å². The van der Waals surface area contributed by atoms with Crippen LogP contribution in [0.2, 0.25) is 0 Å². The van der Waals surface area contributed by atoms with Crippen molar-refractivity contribution in [2.45, 2.75) is 140 Å². The van der Waals surface area contributed by atoms with Gasteiger partial charge in [0.1, 0.15) is 55.3 Å². The summed E-state index contributed by atoms with van der Waals surface area (Å²) >= 11 is 0. The number of hydrogen-bond acceptors (Lipinski definition) is 18. The molecule has 8 rings (SSSR count). The molecular formula is C59H71N5O18. The molecule has 82 heavy (non-hydrogen) atoms. The molecule has 3 unspecified atom stereocenters. The van der Waals surface area contributed by atoms with Crippen LogP contribution < -0.4 is 21.3 Å². The van der Waals surface area contributed by atoms with Crippen LogP contribution >= 0.6 is 0 Å². The Kier molecular flexibility index (Phi) is 18.4. The minimum atomic E-state index is -2.43. The molecule has 8 N–H and O–H groups in total. The van der Waals surface area contributed by atoms with Gasteiger partial charge in [0.15, 0.2) is 17.5 Å². The van der Waals surface area contributed by atoms with E-state index in [0.29, 0.717) is 6.42 Å². The third kappa shape index (κ3) is 12.1. The van der Waals surface area contributed by atoms with Crippen molar-refractivity contribution in [1.29, 1.82) is 0 Å². The number of rotatable bonds is 18. The van der Waals surface area contributed by atoms with Gasteiger partial charge in [-0.25, -0.2) is 14.4 Å². The van der Waals surface area contributed by atoms with Crippen LogP contribution in [0.5, 0.6) is 0 Å². The van der Waals surface area contributed by atoms with Crippen LogP contribution in [0.1, 0.15) is 94.8 Å². The second-order valence-corrected chi connectivity index (χ2v) is 22.5. The minimum absolute atomic E-state index is 0.00935. The second kappa shape index (κ2) is 24.9. The number of carbonyl (C=O) groups is 9. The minimum Gasteiger partial charge on any atom is -0.460 e. The molecule has 23 nitrogen and oxygen atoms in total. The number of benzene rings is 3. The van der Waals surface area contributed by atoms with Crippen LogP contribution in [0, 0.1) is 23.2 Å². The zero-order valence-corrected chi connectivity index (χ0v) is 46.4. The van der Waals surface area contributed by atoms with Crippen LogP contribution in [-0.2, 0) is 63.9 Å². The van der Waals surface area contributed by atoms with Gasteiger partial charge in [0.25, 0.3) is 0 Å². The monoisotopic (exact) mass is 1140 g/mol. The zero-order chi connectivity index (χ0) is 59.4. The van der Waals surface area contributed by atoms with Gasteiger partial charge in [0.05, 0.1) is 42.7 Å². The maximum Gasteiger partial charge on any atom is 0.338 e. The van der Waals surface area contributed by atoms with E-state index in [0.717, 1.165) is 12.5 Å². The van der Waals surface area contributed by atoms with Gasteiger partial charge in [-0.05, 0) is 60.1 Å². The predicted octanol–water partition coefficient (Wildman–Crippen LogP) is 1.64. The number of aliphatic hydroxyl groups excluding tert-OH is 3. The number of hydrogen-bond donors (Lipinski definition) is 8. The second-order valence-electron chi connectivity index (χ2n) is 22.5. The SMILES string of the molecule is CC(=O)O[C@@]12COC1C[C@H](O)C1C(=O)[C@H](O)C3=C(C)[C@@H](OC(=O)[C@H](O)[C@@H](NC(=O)N[C@H](C(=O)N4CCC[C@H]4C(=O)NCC(=O)NCC(=O)OCc4ccccc4)C(C)C)c4ccccc4)C[C@@](O)([C@@H](OC(=O)c4ccccc4)C12)C3(C)C. The first-order valence-corrected chi connectivity index (χ1v) is 27.4. The van der Waals surface area contributed by atoms with Crippen LogP contribution in [-0.4, -0.2) is 165 Å². The molecule has 2 saturated heterocycles. The van der Waals surface area contributed by atoms with Crippen molar-refractivity contribution in [1.82, 2.24) is 26.2 Å². The van der Waals surface area contributed by atoms with E-state index in [4.69, 9.17) is 23.7 Å². The highest BCUT2D eigenvalue weighted by Gasteiger charge is 2.74. The number of ketones is 1. The van der Waals surface area contributed by atoms with Gasteiger partial charge in [-0.2, -0.15) is 0 Å². The number of Topliss-reactive ketones (excluding diaryl/α,β-unsaturated/α-hetero) is 1. The summed E-state index contributed by atoms with van der Waals surface area (Å²) in [7, 11) is 0. The summed E-state index contributed by atoms with van der Waals surface area (Å²) < 4.78 is 29.4. The molecular weight excluding hydrogens is 1070 g/mol. The lowest BCUT2D eigenvalue weighted by molar-refractivity contribution is -0.332. The van der Waals surface area contributed by atoms with Gasteiger partial charge >= 0.3 is 29.9 Å². The summed E-state index contributed by atoms with van der Waals surface area (Å²) in [5.41, 5.74) is -4.96. The molecule has 0 spiro atoms. The number of ether oxygens (including phenoxy) is 5. The average molecular weight is 1140 g/mol. The molecule has 5 amide bonds. The fourth-order valence-corrected chi connectivity index (χ4v) is 12.4. The lowest BCUT2D eigenvalue weighted by atomic mass is 9.49. The van der Waals surface area contributed by atoms with Crippen LogP contribution in [0.25, 0.3) is 0 Å². The third-order valence-corrected chi connectivity index (χ3v) is 16.7. The van der Waals surface area contributed by atoms with Crippen molar-refractivity contribution in [3.05, 3.63) is 119 Å². The van der Waals surface area contributed by atoms with Crippen molar-refractivity contribution < 1.29 is 87.3 Å². The largest absolute Gasteiger partial charge is 0.460 e. The van der Waals surface area contributed by atoms with E-state index >= 15 is 0 Å². The van der Waals surface area contributed by atoms with Gasteiger partial charge in [-0.15, -0.1) is 0 Å². The first kappa shape index (κ1) is 60.5. The molecule has 0 radical (unpaired) electrons. The molecule has 2 heterocycles. The van der Waals surface area contributed by atoms with Crippen molar-refractivity contribution in [2.75, 3.05) is 26.2 Å². The van der Waals surface area contributed by atoms with E-state index in [1.807, 2.05) is 6.07 Å². The molecule has 2 aliphatic heterocycles. The Morgan fingerprint density at radius 1 is 0.854 bits per heavy atom. The predicted molar refractivity (Wildman–Crippen MR) is 287 cm³/mol. The highest BCUT2D eigenvalue weighted by molar-refractivity contribution is 5.95. The fraction of sp³-hybridized carbons (Fsp3) is 0.508. The summed E-state index contributed by atoms with van der Waals surface area (Å²) in [5, 5.41) is 59.7. The summed E-state index contributed by atoms with van der Waals surface area (Å²) in [5.74, 6) is -10.5. The number of nitrogens with one attached hydrogen (secondary N) is 4. The molecule has 3 aliphatic carbocycles. The quantitative estimate of drug-likeness (QED) is 0.0510. The van der Waals surface area contributed by atoms with E-state index < -0.39 is 162 Å². The molecule has 13 atom stereocenters. The standard InChI is InChI=1S/C59H71N5O18/c1-31(2)46(53(73)64-24-16-23-37(64)52(72)61-27-41(67)60-28-42(68)78-29-34-17-10-7-11-18-34)62-56(76)63-47(35-19-12-8-13-20-35)50(71)55(75)80-39-26-59(77)51(81-54(74)36-21-14-9-15-22-36)45-43(48(69)49(70)44(32(39)3)57(59,5)6)38(66)25-40-58(45,30-79-40)82-33(4)65/h7-15,17-22,31,37-40,43,45-47,49-51,66,70-71,77H,16,23-30H2,1-6H3,(H,60,67)(H,61,72)(H2,62,63,76)/t37-,38-,39-,40?,43?,45?,46-,47-,49+,50+,51-,58-,59+/m0/s1.